The van der Waals surface area contributed by atoms with E-state index in [2.05, 4.69) is 15.4 Å². The second kappa shape index (κ2) is 5.72. The van der Waals surface area contributed by atoms with Crippen molar-refractivity contribution in [1.82, 2.24) is 14.8 Å². The minimum atomic E-state index is -1.02. The molecule has 2 aromatic heterocycles. The highest BCUT2D eigenvalue weighted by Gasteiger charge is 2.09. The smallest absolute Gasteiger partial charge is 0.257 e. The Labute approximate surface area is 124 Å². The van der Waals surface area contributed by atoms with Crippen molar-refractivity contribution in [2.45, 2.75) is 0 Å². The van der Waals surface area contributed by atoms with Gasteiger partial charge < -0.3 is 5.32 Å². The first-order chi connectivity index (χ1) is 10.6. The van der Waals surface area contributed by atoms with Crippen molar-refractivity contribution in [2.24, 2.45) is 0 Å². The van der Waals surface area contributed by atoms with Crippen LogP contribution in [-0.2, 0) is 0 Å². The van der Waals surface area contributed by atoms with E-state index < -0.39 is 17.5 Å². The molecule has 0 unspecified atom stereocenters. The molecule has 0 saturated carbocycles. The van der Waals surface area contributed by atoms with Gasteiger partial charge in [-0.25, -0.2) is 18.4 Å². The Morgan fingerprint density at radius 2 is 2.00 bits per heavy atom. The van der Waals surface area contributed by atoms with Crippen LogP contribution in [0.25, 0.3) is 5.82 Å². The summed E-state index contributed by atoms with van der Waals surface area (Å²) in [6.07, 6.45) is 4.72. The molecular formula is C15H10F2N4O. The summed E-state index contributed by atoms with van der Waals surface area (Å²) in [5, 5.41) is 6.50. The maximum Gasteiger partial charge on any atom is 0.257 e. The zero-order chi connectivity index (χ0) is 15.5. The minimum absolute atomic E-state index is 0.167. The predicted octanol–water partition coefficient (Wildman–Crippen LogP) is 2.80. The van der Waals surface area contributed by atoms with Gasteiger partial charge in [0.15, 0.2) is 17.5 Å². The average molecular weight is 300 g/mol. The van der Waals surface area contributed by atoms with E-state index in [1.165, 1.54) is 12.3 Å². The van der Waals surface area contributed by atoms with Crippen molar-refractivity contribution in [2.75, 3.05) is 5.32 Å². The minimum Gasteiger partial charge on any atom is -0.322 e. The number of nitrogens with one attached hydrogen (secondary N) is 1. The van der Waals surface area contributed by atoms with Gasteiger partial charge in [0, 0.05) is 30.3 Å². The Kier molecular flexibility index (Phi) is 3.61. The van der Waals surface area contributed by atoms with Crippen LogP contribution in [0.15, 0.2) is 55.0 Å². The topological polar surface area (TPSA) is 59.8 Å². The molecule has 0 aliphatic heterocycles. The Morgan fingerprint density at radius 1 is 1.14 bits per heavy atom. The molecule has 0 spiro atoms. The number of carbonyl (C=O) groups excluding carboxylic acids is 1. The number of benzene rings is 1. The van der Waals surface area contributed by atoms with Gasteiger partial charge in [0.2, 0.25) is 0 Å². The summed E-state index contributed by atoms with van der Waals surface area (Å²) < 4.78 is 27.5. The lowest BCUT2D eigenvalue weighted by Gasteiger charge is -2.06. The Balaban J connectivity index is 1.76. The van der Waals surface area contributed by atoms with Crippen molar-refractivity contribution in [3.8, 4) is 5.82 Å². The maximum atomic E-state index is 13.1. The van der Waals surface area contributed by atoms with Gasteiger partial charge in [0.1, 0.15) is 0 Å². The molecule has 0 radical (unpaired) electrons. The number of amides is 1. The Bertz CT molecular complexity index is 801. The number of hydrogen-bond donors (Lipinski definition) is 1. The molecule has 5 nitrogen and oxygen atoms in total. The highest BCUT2D eigenvalue weighted by atomic mass is 19.2. The van der Waals surface area contributed by atoms with Crippen molar-refractivity contribution < 1.29 is 13.6 Å². The van der Waals surface area contributed by atoms with Crippen LogP contribution in [0.4, 0.5) is 14.5 Å². The number of anilines is 1. The Morgan fingerprint density at radius 3 is 2.64 bits per heavy atom. The number of aromatic nitrogens is 3. The number of halogens is 2. The van der Waals surface area contributed by atoms with Crippen LogP contribution >= 0.6 is 0 Å². The van der Waals surface area contributed by atoms with Gasteiger partial charge in [-0.1, -0.05) is 0 Å². The van der Waals surface area contributed by atoms with Gasteiger partial charge >= 0.3 is 0 Å². The predicted molar refractivity (Wildman–Crippen MR) is 75.7 cm³/mol. The first kappa shape index (κ1) is 13.9. The number of pyridine rings is 1. The highest BCUT2D eigenvalue weighted by molar-refractivity contribution is 6.04. The first-order valence-electron chi connectivity index (χ1n) is 6.36. The lowest BCUT2D eigenvalue weighted by Crippen LogP contribution is -2.13. The number of rotatable bonds is 3. The lowest BCUT2D eigenvalue weighted by atomic mass is 10.2. The molecular weight excluding hydrogens is 290 g/mol. The van der Waals surface area contributed by atoms with Crippen LogP contribution in [-0.4, -0.2) is 20.7 Å². The van der Waals surface area contributed by atoms with Gasteiger partial charge in [-0.2, -0.15) is 5.10 Å². The fourth-order valence-corrected chi connectivity index (χ4v) is 1.84. The summed E-state index contributed by atoms with van der Waals surface area (Å²) in [6.45, 7) is 0. The summed E-state index contributed by atoms with van der Waals surface area (Å²) in [7, 11) is 0. The van der Waals surface area contributed by atoms with E-state index >= 15 is 0 Å². The third kappa shape index (κ3) is 2.83. The second-order valence-electron chi connectivity index (χ2n) is 4.44. The molecule has 0 atom stereocenters. The highest BCUT2D eigenvalue weighted by Crippen LogP contribution is 2.14. The standard InChI is InChI=1S/C15H10F2N4O/c16-12-4-3-11(8-13(12)17)20-15(22)10-2-5-14(18-9-10)21-7-1-6-19-21/h1-9H,(H,20,22). The quantitative estimate of drug-likeness (QED) is 0.809. The third-order valence-corrected chi connectivity index (χ3v) is 2.93. The first-order valence-corrected chi connectivity index (χ1v) is 6.36. The zero-order valence-electron chi connectivity index (χ0n) is 11.2. The molecule has 110 valence electrons. The molecule has 0 fully saturated rings. The SMILES string of the molecule is O=C(Nc1ccc(F)c(F)c1)c1ccc(-n2cccn2)nc1. The second-order valence-corrected chi connectivity index (χ2v) is 4.44. The largest absolute Gasteiger partial charge is 0.322 e. The maximum absolute atomic E-state index is 13.1. The van der Waals surface area contributed by atoms with E-state index in [1.807, 2.05) is 0 Å². The van der Waals surface area contributed by atoms with Crippen LogP contribution in [0.2, 0.25) is 0 Å². The molecule has 3 aromatic rings. The number of carbonyl (C=O) groups is 1. The van der Waals surface area contributed by atoms with Crippen LogP contribution in [0.3, 0.4) is 0 Å². The molecule has 0 aliphatic rings. The van der Waals surface area contributed by atoms with Crippen LogP contribution < -0.4 is 5.32 Å². The van der Waals surface area contributed by atoms with Crippen molar-refractivity contribution in [1.29, 1.82) is 0 Å². The number of nitrogens with zero attached hydrogens (tertiary/aromatic N) is 3. The summed E-state index contributed by atoms with van der Waals surface area (Å²) in [6, 6.07) is 8.10. The molecule has 2 heterocycles. The third-order valence-electron chi connectivity index (χ3n) is 2.93. The molecule has 1 amide bonds. The summed E-state index contributed by atoms with van der Waals surface area (Å²) in [4.78, 5) is 16.1. The normalized spacial score (nSPS) is 10.5. The number of hydrogen-bond acceptors (Lipinski definition) is 3. The molecule has 1 N–H and O–H groups in total. The van der Waals surface area contributed by atoms with E-state index in [9.17, 15) is 13.6 Å². The van der Waals surface area contributed by atoms with E-state index in [4.69, 9.17) is 0 Å². The average Bonchev–Trinajstić information content (AvgIpc) is 3.05. The van der Waals surface area contributed by atoms with Crippen LogP contribution in [0, 0.1) is 11.6 Å². The Hall–Kier alpha value is -3.09. The van der Waals surface area contributed by atoms with Gasteiger partial charge in [-0.15, -0.1) is 0 Å². The van der Waals surface area contributed by atoms with E-state index in [1.54, 1.807) is 35.3 Å². The molecule has 1 aromatic carbocycles. The fourth-order valence-electron chi connectivity index (χ4n) is 1.84. The molecule has 0 aliphatic carbocycles. The molecule has 3 rings (SSSR count). The van der Waals surface area contributed by atoms with Gasteiger partial charge in [0.05, 0.1) is 5.56 Å². The summed E-state index contributed by atoms with van der Waals surface area (Å²) >= 11 is 0. The van der Waals surface area contributed by atoms with Crippen molar-refractivity contribution in [3.63, 3.8) is 0 Å². The van der Waals surface area contributed by atoms with E-state index in [-0.39, 0.29) is 5.69 Å². The molecule has 7 heteroatoms. The van der Waals surface area contributed by atoms with E-state index in [0.29, 0.717) is 11.4 Å². The molecule has 0 bridgehead atoms. The van der Waals surface area contributed by atoms with E-state index in [0.717, 1.165) is 12.1 Å². The van der Waals surface area contributed by atoms with Crippen LogP contribution in [0.5, 0.6) is 0 Å². The monoisotopic (exact) mass is 300 g/mol. The molecule has 0 saturated heterocycles. The van der Waals surface area contributed by atoms with Gasteiger partial charge in [-0.05, 0) is 30.3 Å². The van der Waals surface area contributed by atoms with Crippen molar-refractivity contribution >= 4 is 11.6 Å². The fraction of sp³-hybridized carbons (Fsp3) is 0. The zero-order valence-corrected chi connectivity index (χ0v) is 11.2. The summed E-state index contributed by atoms with van der Waals surface area (Å²) in [5.74, 6) is -1.90. The van der Waals surface area contributed by atoms with Crippen molar-refractivity contribution in [3.05, 3.63) is 72.2 Å². The van der Waals surface area contributed by atoms with Gasteiger partial charge in [0.25, 0.3) is 5.91 Å². The lowest BCUT2D eigenvalue weighted by molar-refractivity contribution is 0.102. The van der Waals surface area contributed by atoms with Crippen LogP contribution in [0.1, 0.15) is 10.4 Å². The molecule has 22 heavy (non-hydrogen) atoms. The van der Waals surface area contributed by atoms with Gasteiger partial charge in [-0.3, -0.25) is 4.79 Å². The summed E-state index contributed by atoms with van der Waals surface area (Å²) in [5.41, 5.74) is 0.459.